The van der Waals surface area contributed by atoms with Crippen molar-refractivity contribution in [2.75, 3.05) is 39.9 Å². The molecule has 0 radical (unpaired) electrons. The molecule has 1 saturated heterocycles. The monoisotopic (exact) mass is 410 g/mol. The molecule has 0 aliphatic carbocycles. The third kappa shape index (κ3) is 7.75. The lowest BCUT2D eigenvalue weighted by Crippen LogP contribution is -2.48. The zero-order valence-corrected chi connectivity index (χ0v) is 17.0. The van der Waals surface area contributed by atoms with Gasteiger partial charge in [-0.25, -0.2) is 0 Å². The van der Waals surface area contributed by atoms with Gasteiger partial charge in [-0.1, -0.05) is 28.1 Å². The van der Waals surface area contributed by atoms with Gasteiger partial charge < -0.3 is 15.4 Å². The number of guanidine groups is 1. The largest absolute Gasteiger partial charge is 0.385 e. The van der Waals surface area contributed by atoms with Gasteiger partial charge in [0.15, 0.2) is 5.96 Å². The van der Waals surface area contributed by atoms with Crippen LogP contribution >= 0.6 is 15.9 Å². The fraction of sp³-hybridized carbons (Fsp3) is 0.632. The lowest BCUT2D eigenvalue weighted by atomic mass is 10.0. The van der Waals surface area contributed by atoms with E-state index in [1.165, 1.54) is 5.56 Å². The standard InChI is InChI=1S/C19H31BrN4O/c1-3-21-19(22-11-4-14-25-2)23-18-9-12-24(13-10-18)15-16-5-7-17(20)8-6-16/h5-8,18H,3-4,9-15H2,1-2H3,(H2,21,22,23). The van der Waals surface area contributed by atoms with E-state index in [1.54, 1.807) is 7.11 Å². The number of halogens is 1. The Morgan fingerprint density at radius 1 is 1.28 bits per heavy atom. The fourth-order valence-corrected chi connectivity index (χ4v) is 3.26. The molecule has 140 valence electrons. The van der Waals surface area contributed by atoms with E-state index in [0.29, 0.717) is 6.04 Å². The number of piperidine rings is 1. The maximum atomic E-state index is 5.08. The Morgan fingerprint density at radius 3 is 2.64 bits per heavy atom. The Hall–Kier alpha value is -1.11. The number of aliphatic imine (C=N–C) groups is 1. The van der Waals surface area contributed by atoms with Crippen LogP contribution in [0.1, 0.15) is 31.7 Å². The average Bonchev–Trinajstić information content (AvgIpc) is 2.62. The Bertz CT molecular complexity index is 513. The van der Waals surface area contributed by atoms with Gasteiger partial charge in [-0.3, -0.25) is 9.89 Å². The quantitative estimate of drug-likeness (QED) is 0.392. The van der Waals surface area contributed by atoms with Crippen LogP contribution < -0.4 is 10.6 Å². The molecule has 0 unspecified atom stereocenters. The van der Waals surface area contributed by atoms with Gasteiger partial charge in [-0.15, -0.1) is 0 Å². The van der Waals surface area contributed by atoms with Crippen molar-refractivity contribution in [1.82, 2.24) is 15.5 Å². The van der Waals surface area contributed by atoms with Crippen molar-refractivity contribution in [2.45, 2.75) is 38.8 Å². The fourth-order valence-electron chi connectivity index (χ4n) is 3.00. The molecule has 1 fully saturated rings. The minimum Gasteiger partial charge on any atom is -0.385 e. The third-order valence-electron chi connectivity index (χ3n) is 4.37. The van der Waals surface area contributed by atoms with Crippen molar-refractivity contribution in [3.63, 3.8) is 0 Å². The Kier molecular flexibility index (Phi) is 9.29. The molecule has 1 aliphatic rings. The number of benzene rings is 1. The molecule has 0 amide bonds. The molecular weight excluding hydrogens is 380 g/mol. The Balaban J connectivity index is 1.74. The lowest BCUT2D eigenvalue weighted by Gasteiger charge is -2.33. The van der Waals surface area contributed by atoms with Gasteiger partial charge in [0.05, 0.1) is 0 Å². The maximum Gasteiger partial charge on any atom is 0.191 e. The van der Waals surface area contributed by atoms with E-state index in [9.17, 15) is 0 Å². The van der Waals surface area contributed by atoms with Gasteiger partial charge in [-0.05, 0) is 43.9 Å². The summed E-state index contributed by atoms with van der Waals surface area (Å²) in [4.78, 5) is 7.17. The van der Waals surface area contributed by atoms with Crippen molar-refractivity contribution in [2.24, 2.45) is 4.99 Å². The van der Waals surface area contributed by atoms with Crippen molar-refractivity contribution in [1.29, 1.82) is 0 Å². The van der Waals surface area contributed by atoms with Crippen LogP contribution in [0.25, 0.3) is 0 Å². The normalized spacial score (nSPS) is 16.8. The second-order valence-corrected chi connectivity index (χ2v) is 7.34. The van der Waals surface area contributed by atoms with Gasteiger partial charge in [-0.2, -0.15) is 0 Å². The second kappa shape index (κ2) is 11.5. The first-order chi connectivity index (χ1) is 12.2. The number of nitrogens with one attached hydrogen (secondary N) is 2. The van der Waals surface area contributed by atoms with Crippen molar-refractivity contribution >= 4 is 21.9 Å². The highest BCUT2D eigenvalue weighted by atomic mass is 79.9. The van der Waals surface area contributed by atoms with Crippen LogP contribution in [0.3, 0.4) is 0 Å². The van der Waals surface area contributed by atoms with E-state index in [0.717, 1.165) is 69.0 Å². The molecule has 2 rings (SSSR count). The number of hydrogen-bond donors (Lipinski definition) is 2. The first-order valence-corrected chi connectivity index (χ1v) is 10.0. The number of methoxy groups -OCH3 is 1. The zero-order valence-electron chi connectivity index (χ0n) is 15.4. The van der Waals surface area contributed by atoms with Crippen molar-refractivity contribution in [3.8, 4) is 0 Å². The molecule has 5 nitrogen and oxygen atoms in total. The van der Waals surface area contributed by atoms with Crippen LogP contribution in [0.15, 0.2) is 33.7 Å². The maximum absolute atomic E-state index is 5.08. The number of likely N-dealkylation sites (tertiary alicyclic amines) is 1. The minimum absolute atomic E-state index is 0.501. The van der Waals surface area contributed by atoms with Gasteiger partial charge >= 0.3 is 0 Å². The second-order valence-electron chi connectivity index (χ2n) is 6.43. The molecule has 1 heterocycles. The summed E-state index contributed by atoms with van der Waals surface area (Å²) in [7, 11) is 1.73. The van der Waals surface area contributed by atoms with Gasteiger partial charge in [0.1, 0.15) is 0 Å². The van der Waals surface area contributed by atoms with E-state index >= 15 is 0 Å². The van der Waals surface area contributed by atoms with Gasteiger partial charge in [0.2, 0.25) is 0 Å². The van der Waals surface area contributed by atoms with Crippen molar-refractivity contribution in [3.05, 3.63) is 34.3 Å². The molecule has 0 bridgehead atoms. The number of nitrogens with zero attached hydrogens (tertiary/aromatic N) is 2. The summed E-state index contributed by atoms with van der Waals surface area (Å²) < 4.78 is 6.22. The number of rotatable bonds is 8. The zero-order chi connectivity index (χ0) is 17.9. The van der Waals surface area contributed by atoms with E-state index in [1.807, 2.05) is 0 Å². The van der Waals surface area contributed by atoms with E-state index in [2.05, 4.69) is 67.6 Å². The summed E-state index contributed by atoms with van der Waals surface area (Å²) in [5.74, 6) is 0.935. The summed E-state index contributed by atoms with van der Waals surface area (Å²) in [6, 6.07) is 9.13. The topological polar surface area (TPSA) is 48.9 Å². The molecule has 25 heavy (non-hydrogen) atoms. The number of ether oxygens (including phenoxy) is 1. The molecular formula is C19H31BrN4O. The highest BCUT2D eigenvalue weighted by Crippen LogP contribution is 2.16. The molecule has 0 spiro atoms. The third-order valence-corrected chi connectivity index (χ3v) is 4.90. The van der Waals surface area contributed by atoms with Crippen LogP contribution in [-0.2, 0) is 11.3 Å². The van der Waals surface area contributed by atoms with E-state index in [-0.39, 0.29) is 0 Å². The van der Waals surface area contributed by atoms with Crippen LogP contribution in [-0.4, -0.2) is 56.8 Å². The van der Waals surface area contributed by atoms with Gasteiger partial charge in [0.25, 0.3) is 0 Å². The van der Waals surface area contributed by atoms with Gasteiger partial charge in [0, 0.05) is 57.0 Å². The van der Waals surface area contributed by atoms with Crippen LogP contribution in [0.4, 0.5) is 0 Å². The van der Waals surface area contributed by atoms with Crippen LogP contribution in [0.5, 0.6) is 0 Å². The molecule has 0 aromatic heterocycles. The highest BCUT2D eigenvalue weighted by Gasteiger charge is 2.20. The summed E-state index contributed by atoms with van der Waals surface area (Å²) >= 11 is 3.49. The number of hydrogen-bond acceptors (Lipinski definition) is 3. The molecule has 1 aromatic rings. The molecule has 2 N–H and O–H groups in total. The summed E-state index contributed by atoms with van der Waals surface area (Å²) in [5.41, 5.74) is 1.38. The molecule has 1 aromatic carbocycles. The summed E-state index contributed by atoms with van der Waals surface area (Å²) in [5, 5.41) is 6.93. The smallest absolute Gasteiger partial charge is 0.191 e. The predicted octanol–water partition coefficient (Wildman–Crippen LogP) is 3.01. The SMILES string of the molecule is CCNC(=NCCCOC)NC1CCN(Cc2ccc(Br)cc2)CC1. The Morgan fingerprint density at radius 2 is 2.00 bits per heavy atom. The van der Waals surface area contributed by atoms with E-state index in [4.69, 9.17) is 4.74 Å². The first-order valence-electron chi connectivity index (χ1n) is 9.22. The average molecular weight is 411 g/mol. The summed E-state index contributed by atoms with van der Waals surface area (Å²) in [6.45, 7) is 7.83. The predicted molar refractivity (Wildman–Crippen MR) is 108 cm³/mol. The van der Waals surface area contributed by atoms with Crippen LogP contribution in [0, 0.1) is 0 Å². The summed E-state index contributed by atoms with van der Waals surface area (Å²) in [6.07, 6.45) is 3.26. The van der Waals surface area contributed by atoms with Crippen LogP contribution in [0.2, 0.25) is 0 Å². The Labute approximate surface area is 160 Å². The first kappa shape index (κ1) is 20.2. The highest BCUT2D eigenvalue weighted by molar-refractivity contribution is 9.10. The minimum atomic E-state index is 0.501. The molecule has 0 atom stereocenters. The molecule has 6 heteroatoms. The van der Waals surface area contributed by atoms with Crippen molar-refractivity contribution < 1.29 is 4.74 Å². The molecule has 1 aliphatic heterocycles. The molecule has 0 saturated carbocycles. The van der Waals surface area contributed by atoms with E-state index < -0.39 is 0 Å². The lowest BCUT2D eigenvalue weighted by molar-refractivity contribution is 0.196.